The van der Waals surface area contributed by atoms with E-state index < -0.39 is 22.0 Å². The van der Waals surface area contributed by atoms with Crippen LogP contribution in [0.4, 0.5) is 5.69 Å². The second-order valence-corrected chi connectivity index (χ2v) is 9.17. The number of non-ortho nitro benzene ring substituents is 1. The van der Waals surface area contributed by atoms with E-state index in [-0.39, 0.29) is 16.7 Å². The molecular weight excluding hydrogens is 348 g/mol. The highest BCUT2D eigenvalue weighted by atomic mass is 16.6. The molecule has 27 heavy (non-hydrogen) atoms. The maximum Gasteiger partial charge on any atom is 0.343 e. The molecule has 1 aromatic rings. The number of fused-ring (bicyclic) bond motifs is 1. The molecule has 0 spiro atoms. The van der Waals surface area contributed by atoms with E-state index in [0.29, 0.717) is 25.0 Å². The van der Waals surface area contributed by atoms with Crippen molar-refractivity contribution in [3.8, 4) is 0 Å². The van der Waals surface area contributed by atoms with Crippen LogP contribution in [0.25, 0.3) is 0 Å². The van der Waals surface area contributed by atoms with Crippen molar-refractivity contribution in [2.24, 2.45) is 5.41 Å². The first-order valence-electron chi connectivity index (χ1n) is 9.02. The summed E-state index contributed by atoms with van der Waals surface area (Å²) in [5.41, 5.74) is -0.398. The molecule has 2 aliphatic rings. The lowest BCUT2D eigenvalue weighted by molar-refractivity contribution is -0.384. The molecule has 0 saturated carbocycles. The maximum atomic E-state index is 13.0. The highest BCUT2D eigenvalue weighted by molar-refractivity contribution is 5.90. The van der Waals surface area contributed by atoms with Crippen LogP contribution in [0.1, 0.15) is 64.2 Å². The number of carbonyl (C=O) groups is 1. The Bertz CT molecular complexity index is 825. The molecule has 1 radical (unpaired) electrons. The average Bonchev–Trinajstić information content (AvgIpc) is 2.74. The molecule has 0 unspecified atom stereocenters. The molecular formula is C20H25N2O5. The number of benzene rings is 1. The Labute approximate surface area is 158 Å². The van der Waals surface area contributed by atoms with Gasteiger partial charge in [0.1, 0.15) is 5.76 Å². The fourth-order valence-corrected chi connectivity index (χ4v) is 4.59. The van der Waals surface area contributed by atoms with Gasteiger partial charge in [0.25, 0.3) is 5.69 Å². The van der Waals surface area contributed by atoms with E-state index in [1.807, 2.05) is 20.8 Å². The van der Waals surface area contributed by atoms with Gasteiger partial charge in [-0.2, -0.15) is 0 Å². The number of esters is 1. The summed E-state index contributed by atoms with van der Waals surface area (Å²) in [5, 5.41) is 24.9. The number of nitrogens with zero attached hydrogens (tertiary/aromatic N) is 2. The third-order valence-electron chi connectivity index (χ3n) is 5.59. The van der Waals surface area contributed by atoms with Gasteiger partial charge in [-0.3, -0.25) is 10.1 Å². The lowest BCUT2D eigenvalue weighted by Crippen LogP contribution is -2.50. The van der Waals surface area contributed by atoms with Gasteiger partial charge in [-0.1, -0.05) is 13.8 Å². The molecule has 1 heterocycles. The molecule has 0 N–H and O–H groups in total. The summed E-state index contributed by atoms with van der Waals surface area (Å²) in [6.45, 7) is 9.85. The first-order chi connectivity index (χ1) is 12.4. The van der Waals surface area contributed by atoms with Crippen LogP contribution in [-0.2, 0) is 9.94 Å². The Hall–Kier alpha value is -2.25. The summed E-state index contributed by atoms with van der Waals surface area (Å²) in [5.74, 6) is -0.00173. The summed E-state index contributed by atoms with van der Waals surface area (Å²) in [4.78, 5) is 22.9. The van der Waals surface area contributed by atoms with Crippen molar-refractivity contribution in [1.29, 1.82) is 0 Å². The van der Waals surface area contributed by atoms with Crippen molar-refractivity contribution in [2.75, 3.05) is 0 Å². The van der Waals surface area contributed by atoms with E-state index in [1.54, 1.807) is 0 Å². The van der Waals surface area contributed by atoms with Gasteiger partial charge in [-0.05, 0) is 56.7 Å². The van der Waals surface area contributed by atoms with Crippen molar-refractivity contribution < 1.29 is 19.7 Å². The molecule has 1 aliphatic heterocycles. The van der Waals surface area contributed by atoms with E-state index in [1.165, 1.54) is 24.3 Å². The molecule has 145 valence electrons. The summed E-state index contributed by atoms with van der Waals surface area (Å²) in [6, 6.07) is 5.33. The van der Waals surface area contributed by atoms with Gasteiger partial charge in [-0.25, -0.2) is 4.79 Å². The predicted molar refractivity (Wildman–Crippen MR) is 98.2 cm³/mol. The van der Waals surface area contributed by atoms with E-state index in [4.69, 9.17) is 4.74 Å². The summed E-state index contributed by atoms with van der Waals surface area (Å²) < 4.78 is 5.74. The lowest BCUT2D eigenvalue weighted by Gasteiger charge is -2.44. The van der Waals surface area contributed by atoms with E-state index >= 15 is 0 Å². The number of rotatable bonds is 3. The number of hydroxylamine groups is 2. The molecule has 3 rings (SSSR count). The average molecular weight is 373 g/mol. The maximum absolute atomic E-state index is 13.0. The van der Waals surface area contributed by atoms with Gasteiger partial charge < -0.3 is 4.74 Å². The summed E-state index contributed by atoms with van der Waals surface area (Å²) in [6.07, 6.45) is 1.81. The number of nitro benzene ring substituents is 1. The van der Waals surface area contributed by atoms with E-state index in [9.17, 15) is 20.1 Å². The Kier molecular flexibility index (Phi) is 4.44. The Morgan fingerprint density at radius 2 is 1.70 bits per heavy atom. The summed E-state index contributed by atoms with van der Waals surface area (Å²) >= 11 is 0. The first-order valence-corrected chi connectivity index (χ1v) is 9.02. The van der Waals surface area contributed by atoms with Crippen molar-refractivity contribution in [2.45, 2.75) is 65.0 Å². The minimum absolute atomic E-state index is 0.0838. The SMILES string of the molecule is CC1(C)CC(OC(=O)c2ccc([N+](=O)[O-])cc2)=C2CC(C)(C)N([O])[C@]2(C)C1. The van der Waals surface area contributed by atoms with Crippen LogP contribution < -0.4 is 0 Å². The van der Waals surface area contributed by atoms with Crippen LogP contribution in [0.3, 0.4) is 0 Å². The molecule has 1 fully saturated rings. The van der Waals surface area contributed by atoms with Crippen molar-refractivity contribution >= 4 is 11.7 Å². The lowest BCUT2D eigenvalue weighted by atomic mass is 9.68. The van der Waals surface area contributed by atoms with Crippen LogP contribution >= 0.6 is 0 Å². The molecule has 0 aromatic heterocycles. The highest BCUT2D eigenvalue weighted by Gasteiger charge is 2.57. The van der Waals surface area contributed by atoms with Crippen LogP contribution in [0.2, 0.25) is 0 Å². The second-order valence-electron chi connectivity index (χ2n) is 9.17. The Morgan fingerprint density at radius 1 is 1.11 bits per heavy atom. The Morgan fingerprint density at radius 3 is 2.26 bits per heavy atom. The van der Waals surface area contributed by atoms with Gasteiger partial charge in [-0.15, -0.1) is 10.3 Å². The zero-order chi connectivity index (χ0) is 20.2. The zero-order valence-corrected chi connectivity index (χ0v) is 16.4. The van der Waals surface area contributed by atoms with E-state index in [0.717, 1.165) is 10.6 Å². The third kappa shape index (κ3) is 3.37. The molecule has 1 aliphatic carbocycles. The molecule has 7 nitrogen and oxygen atoms in total. The van der Waals surface area contributed by atoms with Crippen molar-refractivity contribution in [3.63, 3.8) is 0 Å². The first kappa shape index (κ1) is 19.5. The van der Waals surface area contributed by atoms with Gasteiger partial charge in [0.15, 0.2) is 0 Å². The molecule has 0 bridgehead atoms. The minimum atomic E-state index is -0.698. The van der Waals surface area contributed by atoms with Gasteiger partial charge >= 0.3 is 5.97 Å². The van der Waals surface area contributed by atoms with Crippen LogP contribution in [-0.4, -0.2) is 27.0 Å². The second kappa shape index (κ2) is 6.14. The quantitative estimate of drug-likeness (QED) is 0.444. The summed E-state index contributed by atoms with van der Waals surface area (Å²) in [7, 11) is 0. The number of hydrogen-bond acceptors (Lipinski definition) is 5. The number of allylic oxidation sites excluding steroid dienone is 1. The van der Waals surface area contributed by atoms with Crippen LogP contribution in [0, 0.1) is 15.5 Å². The van der Waals surface area contributed by atoms with Gasteiger partial charge in [0.2, 0.25) is 0 Å². The third-order valence-corrected chi connectivity index (χ3v) is 5.59. The number of nitro groups is 1. The number of hydrogen-bond donors (Lipinski definition) is 0. The van der Waals surface area contributed by atoms with Crippen molar-refractivity contribution in [3.05, 3.63) is 51.3 Å². The monoisotopic (exact) mass is 373 g/mol. The molecule has 1 saturated heterocycles. The highest BCUT2D eigenvalue weighted by Crippen LogP contribution is 2.55. The largest absolute Gasteiger partial charge is 0.427 e. The fraction of sp³-hybridized carbons (Fsp3) is 0.550. The Balaban J connectivity index is 1.94. The van der Waals surface area contributed by atoms with Crippen LogP contribution in [0.15, 0.2) is 35.6 Å². The smallest absolute Gasteiger partial charge is 0.343 e. The van der Waals surface area contributed by atoms with Crippen molar-refractivity contribution in [1.82, 2.24) is 5.06 Å². The fourth-order valence-electron chi connectivity index (χ4n) is 4.59. The predicted octanol–water partition coefficient (Wildman–Crippen LogP) is 4.41. The molecule has 1 aromatic carbocycles. The zero-order valence-electron chi connectivity index (χ0n) is 16.4. The van der Waals surface area contributed by atoms with Gasteiger partial charge in [0.05, 0.1) is 16.0 Å². The normalized spacial score (nSPS) is 26.6. The molecule has 1 atom stereocenters. The van der Waals surface area contributed by atoms with E-state index in [2.05, 4.69) is 13.8 Å². The number of carbonyl (C=O) groups excluding carboxylic acids is 1. The number of ether oxygens (including phenoxy) is 1. The van der Waals surface area contributed by atoms with Crippen LogP contribution in [0.5, 0.6) is 0 Å². The topological polar surface area (TPSA) is 92.6 Å². The standard InChI is InChI=1S/C20H25N2O5/c1-18(2)11-16(15-10-19(3,4)22(26)20(15,5)12-18)27-17(23)13-6-8-14(9-7-13)21(24)25/h6-9H,10-12H2,1-5H3/t20-/m1/s1. The minimum Gasteiger partial charge on any atom is -0.427 e. The molecule has 7 heteroatoms. The van der Waals surface area contributed by atoms with Gasteiger partial charge in [0, 0.05) is 24.1 Å². The molecule has 0 amide bonds.